The van der Waals surface area contributed by atoms with E-state index in [0.29, 0.717) is 46.2 Å². The van der Waals surface area contributed by atoms with E-state index in [2.05, 4.69) is 36.2 Å². The van der Waals surface area contributed by atoms with Crippen molar-refractivity contribution in [3.63, 3.8) is 0 Å². The third kappa shape index (κ3) is 17.3. The van der Waals surface area contributed by atoms with Crippen LogP contribution in [0.1, 0.15) is 45.7 Å². The molecule has 0 amide bonds. The number of hydrogen-bond acceptors (Lipinski definition) is 6. The first kappa shape index (κ1) is 23.0. The molecule has 0 unspecified atom stereocenters. The normalized spacial score (nSPS) is 10.7. The van der Waals surface area contributed by atoms with Gasteiger partial charge in [0.15, 0.2) is 0 Å². The molecule has 24 heavy (non-hydrogen) atoms. The van der Waals surface area contributed by atoms with Crippen LogP contribution in [0.5, 0.6) is 0 Å². The Balaban J connectivity index is 0.000000640. The Morgan fingerprint density at radius 3 is 2.08 bits per heavy atom. The lowest BCUT2D eigenvalue weighted by molar-refractivity contribution is 0.000460. The van der Waals surface area contributed by atoms with Gasteiger partial charge >= 0.3 is 0 Å². The number of methoxy groups -OCH3 is 1. The summed E-state index contributed by atoms with van der Waals surface area (Å²) in [4.78, 5) is 0. The first-order valence-electron chi connectivity index (χ1n) is 8.77. The van der Waals surface area contributed by atoms with E-state index in [1.807, 2.05) is 0 Å². The summed E-state index contributed by atoms with van der Waals surface area (Å²) in [6, 6.07) is 0. The zero-order chi connectivity index (χ0) is 17.9. The third-order valence-electron chi connectivity index (χ3n) is 3.03. The summed E-state index contributed by atoms with van der Waals surface area (Å²) < 4.78 is 20.7. The number of hydrogen-bond donors (Lipinski definition) is 1. The predicted octanol–water partition coefficient (Wildman–Crippen LogP) is 2.83. The van der Waals surface area contributed by atoms with Crippen LogP contribution in [0.3, 0.4) is 0 Å². The Morgan fingerprint density at radius 1 is 1.00 bits per heavy atom. The second-order valence-electron chi connectivity index (χ2n) is 5.77. The molecular formula is C17H35N3O4. The van der Waals surface area contributed by atoms with Crippen molar-refractivity contribution in [1.82, 2.24) is 15.4 Å². The van der Waals surface area contributed by atoms with Gasteiger partial charge in [0.05, 0.1) is 52.4 Å². The van der Waals surface area contributed by atoms with Crippen LogP contribution in [0.2, 0.25) is 0 Å². The van der Waals surface area contributed by atoms with Gasteiger partial charge in [0, 0.05) is 7.11 Å². The number of ether oxygens (including phenoxy) is 4. The standard InChI is InChI=1S/C10H19N3O4.C7H16/c1-14-2-3-15-4-5-16-6-7-17-9-10-8-11-13-12-10;1-4-5-6-7(2)3/h8H,2-7,9H2,1H3,(H,11,12,13);7H,4-6H2,1-3H3. The Bertz CT molecular complexity index is 335. The fraction of sp³-hybridized carbons (Fsp3) is 0.882. The number of unbranched alkanes of at least 4 members (excludes halogenated alkanes) is 1. The van der Waals surface area contributed by atoms with Crippen molar-refractivity contribution in [1.29, 1.82) is 0 Å². The fourth-order valence-corrected chi connectivity index (χ4v) is 1.67. The lowest BCUT2D eigenvalue weighted by atomic mass is 10.1. The van der Waals surface area contributed by atoms with Crippen molar-refractivity contribution in [2.45, 2.75) is 46.6 Å². The molecule has 142 valence electrons. The van der Waals surface area contributed by atoms with E-state index in [-0.39, 0.29) is 0 Å². The van der Waals surface area contributed by atoms with Gasteiger partial charge < -0.3 is 18.9 Å². The molecule has 1 rings (SSSR count). The number of aromatic amines is 1. The fourth-order valence-electron chi connectivity index (χ4n) is 1.67. The lowest BCUT2D eigenvalue weighted by Crippen LogP contribution is -2.11. The summed E-state index contributed by atoms with van der Waals surface area (Å²) in [6.45, 7) is 10.7. The van der Waals surface area contributed by atoms with Crippen LogP contribution < -0.4 is 0 Å². The molecule has 0 saturated heterocycles. The van der Waals surface area contributed by atoms with Gasteiger partial charge in [0.2, 0.25) is 0 Å². The monoisotopic (exact) mass is 345 g/mol. The summed E-state index contributed by atoms with van der Waals surface area (Å²) in [7, 11) is 1.64. The van der Waals surface area contributed by atoms with E-state index in [4.69, 9.17) is 18.9 Å². The molecule has 7 nitrogen and oxygen atoms in total. The topological polar surface area (TPSA) is 78.5 Å². The molecule has 0 aromatic carbocycles. The number of aromatic nitrogens is 3. The average Bonchev–Trinajstić information content (AvgIpc) is 3.08. The highest BCUT2D eigenvalue weighted by Gasteiger charge is 1.95. The molecule has 1 aromatic heterocycles. The summed E-state index contributed by atoms with van der Waals surface area (Å²) in [5, 5.41) is 10.0. The molecule has 0 aliphatic rings. The van der Waals surface area contributed by atoms with Crippen molar-refractivity contribution in [3.05, 3.63) is 11.9 Å². The van der Waals surface area contributed by atoms with Gasteiger partial charge in [-0.05, 0) is 5.92 Å². The van der Waals surface area contributed by atoms with E-state index < -0.39 is 0 Å². The second-order valence-corrected chi connectivity index (χ2v) is 5.77. The Labute approximate surface area is 146 Å². The SMILES string of the molecule is CCCCC(C)C.COCCOCCOCCOCc1cn[nH]n1. The van der Waals surface area contributed by atoms with Crippen LogP contribution in [0.15, 0.2) is 6.20 Å². The van der Waals surface area contributed by atoms with Gasteiger partial charge in [-0.2, -0.15) is 15.4 Å². The van der Waals surface area contributed by atoms with Crippen LogP contribution in [-0.4, -0.2) is 62.2 Å². The Morgan fingerprint density at radius 2 is 1.62 bits per heavy atom. The molecule has 7 heteroatoms. The summed E-state index contributed by atoms with van der Waals surface area (Å²) in [5.74, 6) is 0.903. The van der Waals surface area contributed by atoms with Crippen molar-refractivity contribution in [2.75, 3.05) is 46.8 Å². The minimum absolute atomic E-state index is 0.449. The summed E-state index contributed by atoms with van der Waals surface area (Å²) >= 11 is 0. The quantitative estimate of drug-likeness (QED) is 0.522. The van der Waals surface area contributed by atoms with Crippen molar-refractivity contribution in [2.24, 2.45) is 5.92 Å². The number of rotatable bonds is 14. The van der Waals surface area contributed by atoms with Crippen LogP contribution in [0.4, 0.5) is 0 Å². The maximum absolute atomic E-state index is 5.31. The minimum atomic E-state index is 0.449. The van der Waals surface area contributed by atoms with E-state index in [1.54, 1.807) is 13.3 Å². The summed E-state index contributed by atoms with van der Waals surface area (Å²) in [6.07, 6.45) is 5.77. The van der Waals surface area contributed by atoms with Gasteiger partial charge in [0.1, 0.15) is 5.69 Å². The average molecular weight is 345 g/mol. The van der Waals surface area contributed by atoms with Crippen molar-refractivity contribution < 1.29 is 18.9 Å². The third-order valence-corrected chi connectivity index (χ3v) is 3.03. The van der Waals surface area contributed by atoms with Gasteiger partial charge in [-0.25, -0.2) is 0 Å². The zero-order valence-electron chi connectivity index (χ0n) is 15.8. The van der Waals surface area contributed by atoms with E-state index in [9.17, 15) is 0 Å². The molecule has 0 atom stereocenters. The maximum Gasteiger partial charge on any atom is 0.108 e. The zero-order valence-corrected chi connectivity index (χ0v) is 15.8. The van der Waals surface area contributed by atoms with E-state index in [0.717, 1.165) is 11.6 Å². The number of nitrogens with one attached hydrogen (secondary N) is 1. The number of H-pyrrole nitrogens is 1. The molecule has 1 heterocycles. The molecule has 0 saturated carbocycles. The van der Waals surface area contributed by atoms with E-state index in [1.165, 1.54) is 19.3 Å². The molecular weight excluding hydrogens is 310 g/mol. The van der Waals surface area contributed by atoms with Crippen LogP contribution in [-0.2, 0) is 25.6 Å². The minimum Gasteiger partial charge on any atom is -0.382 e. The van der Waals surface area contributed by atoms with Crippen LogP contribution >= 0.6 is 0 Å². The molecule has 0 aliphatic heterocycles. The summed E-state index contributed by atoms with van der Waals surface area (Å²) in [5.41, 5.74) is 0.785. The highest BCUT2D eigenvalue weighted by Crippen LogP contribution is 2.04. The molecule has 0 bridgehead atoms. The Kier molecular flexibility index (Phi) is 17.5. The van der Waals surface area contributed by atoms with Gasteiger partial charge in [-0.15, -0.1) is 0 Å². The van der Waals surface area contributed by atoms with Crippen molar-refractivity contribution in [3.8, 4) is 0 Å². The molecule has 0 spiro atoms. The maximum atomic E-state index is 5.31. The first-order valence-corrected chi connectivity index (χ1v) is 8.77. The van der Waals surface area contributed by atoms with Crippen molar-refractivity contribution >= 4 is 0 Å². The van der Waals surface area contributed by atoms with Gasteiger partial charge in [-0.1, -0.05) is 40.0 Å². The van der Waals surface area contributed by atoms with E-state index >= 15 is 0 Å². The predicted molar refractivity (Wildman–Crippen MR) is 93.9 cm³/mol. The largest absolute Gasteiger partial charge is 0.382 e. The van der Waals surface area contributed by atoms with Gasteiger partial charge in [0.25, 0.3) is 0 Å². The smallest absolute Gasteiger partial charge is 0.108 e. The first-order chi connectivity index (χ1) is 11.7. The highest BCUT2D eigenvalue weighted by atomic mass is 16.6. The molecule has 0 aliphatic carbocycles. The van der Waals surface area contributed by atoms with Crippen LogP contribution in [0, 0.1) is 5.92 Å². The number of nitrogens with zero attached hydrogens (tertiary/aromatic N) is 2. The molecule has 1 N–H and O–H groups in total. The Hall–Kier alpha value is -1.02. The van der Waals surface area contributed by atoms with Crippen LogP contribution in [0.25, 0.3) is 0 Å². The molecule has 0 radical (unpaired) electrons. The molecule has 1 aromatic rings. The lowest BCUT2D eigenvalue weighted by Gasteiger charge is -2.05. The van der Waals surface area contributed by atoms with Gasteiger partial charge in [-0.3, -0.25) is 0 Å². The second kappa shape index (κ2) is 18.3. The highest BCUT2D eigenvalue weighted by molar-refractivity contribution is 4.86. The molecule has 0 fully saturated rings.